The molecule has 0 saturated carbocycles. The summed E-state index contributed by atoms with van der Waals surface area (Å²) in [4.78, 5) is 47.1. The second kappa shape index (κ2) is 12.9. The molecule has 5 rings (SSSR count). The summed E-state index contributed by atoms with van der Waals surface area (Å²) in [5.74, 6) is -2.48. The molecule has 0 spiro atoms. The number of piperidine rings is 1. The zero-order chi connectivity index (χ0) is 30.7. The molecule has 3 aromatic rings. The Bertz CT molecular complexity index is 1530. The third kappa shape index (κ3) is 7.12. The van der Waals surface area contributed by atoms with Gasteiger partial charge in [0, 0.05) is 42.3 Å². The summed E-state index contributed by atoms with van der Waals surface area (Å²) in [6.07, 6.45) is 5.39. The van der Waals surface area contributed by atoms with Gasteiger partial charge in [-0.25, -0.2) is 18.4 Å². The van der Waals surface area contributed by atoms with E-state index in [1.54, 1.807) is 42.3 Å². The first-order valence-electron chi connectivity index (χ1n) is 13.5. The molecule has 2 saturated heterocycles. The van der Waals surface area contributed by atoms with Gasteiger partial charge in [-0.1, -0.05) is 29.8 Å². The summed E-state index contributed by atoms with van der Waals surface area (Å²) in [6, 6.07) is 9.82. The molecule has 0 bridgehead atoms. The highest BCUT2D eigenvalue weighted by Gasteiger charge is 2.39. The number of thioether (sulfide) groups is 1. The number of rotatable bonds is 9. The van der Waals surface area contributed by atoms with Gasteiger partial charge in [0.15, 0.2) is 0 Å². The first-order valence-corrected chi connectivity index (χ1v) is 14.7. The van der Waals surface area contributed by atoms with Gasteiger partial charge in [0.1, 0.15) is 36.4 Å². The molecular formula is C29H29ClF2N6O4S. The molecule has 1 aromatic heterocycles. The molecule has 3 amide bonds. The van der Waals surface area contributed by atoms with Crippen molar-refractivity contribution in [1.29, 1.82) is 0 Å². The quantitative estimate of drug-likeness (QED) is 0.356. The fourth-order valence-corrected chi connectivity index (χ4v) is 6.31. The molecule has 226 valence electrons. The molecule has 2 aliphatic rings. The van der Waals surface area contributed by atoms with Crippen LogP contribution in [0.1, 0.15) is 24.0 Å². The minimum Gasteiger partial charge on any atom is -0.382 e. The maximum Gasteiger partial charge on any atom is 0.294 e. The van der Waals surface area contributed by atoms with Gasteiger partial charge in [0.2, 0.25) is 5.91 Å². The molecule has 2 aromatic carbocycles. The van der Waals surface area contributed by atoms with E-state index < -0.39 is 28.4 Å². The number of amides is 3. The summed E-state index contributed by atoms with van der Waals surface area (Å²) in [5, 5.41) is 15.7. The van der Waals surface area contributed by atoms with E-state index in [4.69, 9.17) is 11.6 Å². The van der Waals surface area contributed by atoms with Crippen LogP contribution in [-0.2, 0) is 21.7 Å². The van der Waals surface area contributed by atoms with Crippen molar-refractivity contribution in [3.63, 3.8) is 0 Å². The minimum absolute atomic E-state index is 0.00472. The first-order chi connectivity index (χ1) is 20.5. The lowest BCUT2D eigenvalue weighted by Gasteiger charge is -2.40. The van der Waals surface area contributed by atoms with Crippen molar-refractivity contribution in [3.05, 3.63) is 87.8 Å². The number of benzene rings is 2. The van der Waals surface area contributed by atoms with E-state index >= 15 is 0 Å². The van der Waals surface area contributed by atoms with E-state index in [9.17, 15) is 28.3 Å². The van der Waals surface area contributed by atoms with Crippen molar-refractivity contribution >= 4 is 46.5 Å². The molecule has 1 N–H and O–H groups in total. The topological polar surface area (TPSA) is 112 Å². The second-order valence-electron chi connectivity index (χ2n) is 10.6. The van der Waals surface area contributed by atoms with Gasteiger partial charge in [-0.3, -0.25) is 24.2 Å². The lowest BCUT2D eigenvalue weighted by Crippen LogP contribution is -2.52. The number of carbonyl (C=O) groups is 3. The first kappa shape index (κ1) is 30.8. The second-order valence-corrected chi connectivity index (χ2v) is 12.0. The molecule has 1 unspecified atom stereocenters. The van der Waals surface area contributed by atoms with Gasteiger partial charge in [0.25, 0.3) is 11.1 Å². The molecular weight excluding hydrogens is 602 g/mol. The number of hydrogen-bond acceptors (Lipinski definition) is 8. The van der Waals surface area contributed by atoms with E-state index in [-0.39, 0.29) is 42.1 Å². The molecule has 2 aliphatic heterocycles. The van der Waals surface area contributed by atoms with Crippen LogP contribution in [0.2, 0.25) is 5.02 Å². The predicted octanol–water partition coefficient (Wildman–Crippen LogP) is 3.76. The molecule has 0 aliphatic carbocycles. The lowest BCUT2D eigenvalue weighted by molar-refractivity contribution is -0.137. The number of nitrogens with zero attached hydrogens (tertiary/aromatic N) is 6. The fraction of sp³-hybridized carbons (Fsp3) is 0.345. The van der Waals surface area contributed by atoms with Crippen LogP contribution < -0.4 is 0 Å². The van der Waals surface area contributed by atoms with Crippen LogP contribution in [0, 0.1) is 11.6 Å². The van der Waals surface area contributed by atoms with E-state index in [2.05, 4.69) is 10.1 Å². The Hall–Kier alpha value is -3.65. The summed E-state index contributed by atoms with van der Waals surface area (Å²) in [7, 11) is 1.79. The van der Waals surface area contributed by atoms with Gasteiger partial charge < -0.3 is 10.0 Å². The highest BCUT2D eigenvalue weighted by atomic mass is 35.5. The average molecular weight is 631 g/mol. The predicted molar refractivity (Wildman–Crippen MR) is 157 cm³/mol. The van der Waals surface area contributed by atoms with Gasteiger partial charge in [-0.15, -0.1) is 0 Å². The standard InChI is InChI=1S/C29H29ClF2N6O4S/c1-35(15-29(42,16-37-18-33-17-34-37)23-7-6-21(31)13-24(23)32)22-8-10-36(11-9-22)26(39)14-38-27(40)25(43-28(38)41)12-19-2-4-20(30)5-3-19/h2-7,12-13,17-18,22,42H,8-11,14-16H2,1H3. The molecule has 2 fully saturated rings. The summed E-state index contributed by atoms with van der Waals surface area (Å²) in [6.45, 7) is 0.283. The van der Waals surface area contributed by atoms with Crippen LogP contribution in [0.3, 0.4) is 0 Å². The molecule has 14 heteroatoms. The summed E-state index contributed by atoms with van der Waals surface area (Å²) < 4.78 is 29.8. The van der Waals surface area contributed by atoms with Gasteiger partial charge >= 0.3 is 0 Å². The number of carbonyl (C=O) groups excluding carboxylic acids is 3. The number of imide groups is 1. The zero-order valence-electron chi connectivity index (χ0n) is 23.2. The van der Waals surface area contributed by atoms with Crippen LogP contribution in [0.4, 0.5) is 13.6 Å². The van der Waals surface area contributed by atoms with Crippen LogP contribution in [0.5, 0.6) is 0 Å². The van der Waals surface area contributed by atoms with Crippen LogP contribution in [0.25, 0.3) is 6.08 Å². The van der Waals surface area contributed by atoms with E-state index in [1.807, 2.05) is 4.90 Å². The Labute approximate surface area is 255 Å². The van der Waals surface area contributed by atoms with E-state index in [1.165, 1.54) is 23.4 Å². The van der Waals surface area contributed by atoms with Crippen LogP contribution in [-0.4, -0.2) is 90.9 Å². The maximum atomic E-state index is 14.8. The smallest absolute Gasteiger partial charge is 0.294 e. The molecule has 43 heavy (non-hydrogen) atoms. The third-order valence-corrected chi connectivity index (χ3v) is 8.77. The van der Waals surface area contributed by atoms with Crippen molar-refractivity contribution < 1.29 is 28.3 Å². The molecule has 1 atom stereocenters. The van der Waals surface area contributed by atoms with Crippen LogP contribution in [0.15, 0.2) is 60.0 Å². The normalized spacial score (nSPS) is 18.6. The third-order valence-electron chi connectivity index (χ3n) is 7.61. The van der Waals surface area contributed by atoms with Crippen molar-refractivity contribution in [2.45, 2.75) is 31.0 Å². The Morgan fingerprint density at radius 2 is 1.91 bits per heavy atom. The lowest BCUT2D eigenvalue weighted by atomic mass is 9.91. The molecule has 3 heterocycles. The zero-order valence-corrected chi connectivity index (χ0v) is 24.8. The highest BCUT2D eigenvalue weighted by Crippen LogP contribution is 2.33. The number of halogens is 3. The Balaban J connectivity index is 1.19. The van der Waals surface area contributed by atoms with Crippen molar-refractivity contribution in [2.75, 3.05) is 33.2 Å². The van der Waals surface area contributed by atoms with E-state index in [0.29, 0.717) is 36.5 Å². The number of likely N-dealkylation sites (tertiary alicyclic amines) is 1. The fourth-order valence-electron chi connectivity index (χ4n) is 5.35. The van der Waals surface area contributed by atoms with Crippen molar-refractivity contribution in [1.82, 2.24) is 29.5 Å². The van der Waals surface area contributed by atoms with Gasteiger partial charge in [-0.2, -0.15) is 5.10 Å². The Morgan fingerprint density at radius 1 is 1.19 bits per heavy atom. The van der Waals surface area contributed by atoms with Gasteiger partial charge in [-0.05, 0) is 61.5 Å². The van der Waals surface area contributed by atoms with E-state index in [0.717, 1.165) is 28.8 Å². The van der Waals surface area contributed by atoms with Crippen molar-refractivity contribution in [2.24, 2.45) is 0 Å². The monoisotopic (exact) mass is 630 g/mol. The van der Waals surface area contributed by atoms with Gasteiger partial charge in [0.05, 0.1) is 11.4 Å². The molecule has 10 nitrogen and oxygen atoms in total. The van der Waals surface area contributed by atoms with Crippen LogP contribution >= 0.6 is 23.4 Å². The maximum absolute atomic E-state index is 14.8. The SMILES string of the molecule is CN(CC(O)(Cn1cncn1)c1ccc(F)cc1F)C1CCN(C(=O)CN2C(=O)SC(=Cc3ccc(Cl)cc3)C2=O)CC1. The number of aliphatic hydroxyl groups is 1. The summed E-state index contributed by atoms with van der Waals surface area (Å²) in [5.41, 5.74) is -1.10. The summed E-state index contributed by atoms with van der Waals surface area (Å²) >= 11 is 6.70. The average Bonchev–Trinajstić information content (AvgIpc) is 3.57. The Kier molecular flexibility index (Phi) is 9.25. The highest BCUT2D eigenvalue weighted by molar-refractivity contribution is 8.18. The molecule has 0 radical (unpaired) electrons. The largest absolute Gasteiger partial charge is 0.382 e. The number of aromatic nitrogens is 3. The van der Waals surface area contributed by atoms with Crippen molar-refractivity contribution in [3.8, 4) is 0 Å². The minimum atomic E-state index is -1.75. The number of hydrogen-bond donors (Lipinski definition) is 1. The Morgan fingerprint density at radius 3 is 2.56 bits per heavy atom. The number of likely N-dealkylation sites (N-methyl/N-ethyl adjacent to an activating group) is 1.